The van der Waals surface area contributed by atoms with Gasteiger partial charge in [-0.25, -0.2) is 8.42 Å². The second kappa shape index (κ2) is 7.51. The summed E-state index contributed by atoms with van der Waals surface area (Å²) in [6.07, 6.45) is 1.56. The van der Waals surface area contributed by atoms with Crippen molar-refractivity contribution in [3.05, 3.63) is 53.6 Å². The van der Waals surface area contributed by atoms with Gasteiger partial charge in [-0.15, -0.1) is 0 Å². The molecule has 2 N–H and O–H groups in total. The molecule has 0 aliphatic carbocycles. The van der Waals surface area contributed by atoms with Crippen LogP contribution in [0.5, 0.6) is 0 Å². The highest BCUT2D eigenvalue weighted by Crippen LogP contribution is 2.26. The van der Waals surface area contributed by atoms with E-state index >= 15 is 0 Å². The highest BCUT2D eigenvalue weighted by Gasteiger charge is 2.09. The van der Waals surface area contributed by atoms with Crippen molar-refractivity contribution < 1.29 is 8.42 Å². The second-order valence-electron chi connectivity index (χ2n) is 5.59. The molecule has 0 heterocycles. The highest BCUT2D eigenvalue weighted by atomic mass is 32.2. The molecule has 5 heteroatoms. The van der Waals surface area contributed by atoms with E-state index < -0.39 is 10.0 Å². The summed E-state index contributed by atoms with van der Waals surface area (Å²) in [6, 6.07) is 13.6. The standard InChI is InChI=1S/C18H24N2O2S/c1-4-13-23(21,22)20-17-11-9-16(10-12-17)19-18-14(3)7-6-8-15(18)5-2/h6-12,19-20H,4-5,13H2,1-3H3. The molecular formula is C18H24N2O2S. The van der Waals surface area contributed by atoms with Gasteiger partial charge in [0.15, 0.2) is 0 Å². The van der Waals surface area contributed by atoms with E-state index in [0.29, 0.717) is 12.1 Å². The van der Waals surface area contributed by atoms with Crippen molar-refractivity contribution in [2.24, 2.45) is 0 Å². The number of aryl methyl sites for hydroxylation is 2. The Morgan fingerprint density at radius 1 is 0.957 bits per heavy atom. The van der Waals surface area contributed by atoms with E-state index in [9.17, 15) is 8.42 Å². The topological polar surface area (TPSA) is 58.2 Å². The molecule has 2 aromatic carbocycles. The molecule has 2 aromatic rings. The number of rotatable bonds is 7. The zero-order chi connectivity index (χ0) is 16.9. The molecule has 0 aromatic heterocycles. The lowest BCUT2D eigenvalue weighted by atomic mass is 10.1. The molecule has 4 nitrogen and oxygen atoms in total. The average molecular weight is 332 g/mol. The minimum atomic E-state index is -3.24. The first kappa shape index (κ1) is 17.3. The Kier molecular flexibility index (Phi) is 5.66. The summed E-state index contributed by atoms with van der Waals surface area (Å²) in [6.45, 7) is 6.06. The molecule has 0 fully saturated rings. The van der Waals surface area contributed by atoms with Gasteiger partial charge in [0.2, 0.25) is 10.0 Å². The van der Waals surface area contributed by atoms with Crippen LogP contribution in [0.2, 0.25) is 0 Å². The minimum absolute atomic E-state index is 0.135. The zero-order valence-corrected chi connectivity index (χ0v) is 14.7. The van der Waals surface area contributed by atoms with E-state index in [1.807, 2.05) is 19.1 Å². The Morgan fingerprint density at radius 2 is 1.61 bits per heavy atom. The summed E-state index contributed by atoms with van der Waals surface area (Å²) in [4.78, 5) is 0. The smallest absolute Gasteiger partial charge is 0.232 e. The quantitative estimate of drug-likeness (QED) is 0.787. The van der Waals surface area contributed by atoms with Crippen LogP contribution in [0, 0.1) is 6.92 Å². The first-order valence-electron chi connectivity index (χ1n) is 7.91. The summed E-state index contributed by atoms with van der Waals surface area (Å²) in [5, 5.41) is 3.43. The summed E-state index contributed by atoms with van der Waals surface area (Å²) in [7, 11) is -3.24. The molecule has 0 aliphatic heterocycles. The molecule has 0 bridgehead atoms. The fourth-order valence-electron chi connectivity index (χ4n) is 2.47. The van der Waals surface area contributed by atoms with Gasteiger partial charge in [-0.1, -0.05) is 32.0 Å². The van der Waals surface area contributed by atoms with E-state index in [1.165, 1.54) is 11.1 Å². The first-order chi connectivity index (χ1) is 10.9. The molecule has 2 rings (SSSR count). The van der Waals surface area contributed by atoms with Crippen LogP contribution in [0.3, 0.4) is 0 Å². The summed E-state index contributed by atoms with van der Waals surface area (Å²) in [5.74, 6) is 0.135. The van der Waals surface area contributed by atoms with Gasteiger partial charge in [0.25, 0.3) is 0 Å². The number of sulfonamides is 1. The minimum Gasteiger partial charge on any atom is -0.355 e. The van der Waals surface area contributed by atoms with Crippen molar-refractivity contribution in [2.45, 2.75) is 33.6 Å². The zero-order valence-electron chi connectivity index (χ0n) is 13.9. The molecule has 0 unspecified atom stereocenters. The molecule has 0 aliphatic rings. The Morgan fingerprint density at radius 3 is 2.22 bits per heavy atom. The maximum absolute atomic E-state index is 11.8. The van der Waals surface area contributed by atoms with Crippen LogP contribution < -0.4 is 10.0 Å². The Hall–Kier alpha value is -2.01. The van der Waals surface area contributed by atoms with Crippen molar-refractivity contribution in [3.8, 4) is 0 Å². The van der Waals surface area contributed by atoms with Crippen LogP contribution in [0.15, 0.2) is 42.5 Å². The van der Waals surface area contributed by atoms with Crippen molar-refractivity contribution in [1.82, 2.24) is 0 Å². The van der Waals surface area contributed by atoms with Crippen LogP contribution in [-0.4, -0.2) is 14.2 Å². The van der Waals surface area contributed by atoms with Gasteiger partial charge in [-0.05, 0) is 55.2 Å². The molecule has 124 valence electrons. The maximum Gasteiger partial charge on any atom is 0.232 e. The van der Waals surface area contributed by atoms with E-state index in [2.05, 4.69) is 42.1 Å². The predicted molar refractivity (Wildman–Crippen MR) is 98.0 cm³/mol. The van der Waals surface area contributed by atoms with Gasteiger partial charge in [0.1, 0.15) is 0 Å². The molecule has 0 radical (unpaired) electrons. The summed E-state index contributed by atoms with van der Waals surface area (Å²) >= 11 is 0. The van der Waals surface area contributed by atoms with E-state index in [1.54, 1.807) is 12.1 Å². The van der Waals surface area contributed by atoms with Crippen molar-refractivity contribution in [1.29, 1.82) is 0 Å². The molecule has 0 amide bonds. The van der Waals surface area contributed by atoms with Gasteiger partial charge in [0.05, 0.1) is 5.75 Å². The third-order valence-electron chi connectivity index (χ3n) is 3.64. The highest BCUT2D eigenvalue weighted by molar-refractivity contribution is 7.92. The predicted octanol–water partition coefficient (Wildman–Crippen LogP) is 4.45. The Balaban J connectivity index is 2.15. The largest absolute Gasteiger partial charge is 0.355 e. The first-order valence-corrected chi connectivity index (χ1v) is 9.56. The second-order valence-corrected chi connectivity index (χ2v) is 7.43. The fourth-order valence-corrected chi connectivity index (χ4v) is 3.60. The molecule has 23 heavy (non-hydrogen) atoms. The van der Waals surface area contributed by atoms with Crippen LogP contribution >= 0.6 is 0 Å². The molecular weight excluding hydrogens is 308 g/mol. The van der Waals surface area contributed by atoms with Gasteiger partial charge < -0.3 is 5.32 Å². The van der Waals surface area contributed by atoms with Crippen molar-refractivity contribution >= 4 is 27.1 Å². The fraction of sp³-hybridized carbons (Fsp3) is 0.333. The van der Waals surface area contributed by atoms with Gasteiger partial charge >= 0.3 is 0 Å². The summed E-state index contributed by atoms with van der Waals surface area (Å²) < 4.78 is 26.1. The third-order valence-corrected chi connectivity index (χ3v) is 5.13. The normalized spacial score (nSPS) is 11.3. The molecule has 0 saturated heterocycles. The van der Waals surface area contributed by atoms with Crippen LogP contribution in [0.4, 0.5) is 17.1 Å². The van der Waals surface area contributed by atoms with Crippen molar-refractivity contribution in [2.75, 3.05) is 15.8 Å². The van der Waals surface area contributed by atoms with E-state index in [-0.39, 0.29) is 5.75 Å². The maximum atomic E-state index is 11.8. The number of nitrogens with one attached hydrogen (secondary N) is 2. The number of para-hydroxylation sites is 1. The van der Waals surface area contributed by atoms with E-state index in [0.717, 1.165) is 17.8 Å². The van der Waals surface area contributed by atoms with Crippen molar-refractivity contribution in [3.63, 3.8) is 0 Å². The summed E-state index contributed by atoms with van der Waals surface area (Å²) in [5.41, 5.74) is 5.10. The Labute approximate surface area is 139 Å². The van der Waals surface area contributed by atoms with E-state index in [4.69, 9.17) is 0 Å². The van der Waals surface area contributed by atoms with Crippen LogP contribution in [0.25, 0.3) is 0 Å². The van der Waals surface area contributed by atoms with Gasteiger partial charge in [-0.3, -0.25) is 4.72 Å². The lowest BCUT2D eigenvalue weighted by Crippen LogP contribution is -2.15. The third kappa shape index (κ3) is 4.73. The number of anilines is 3. The van der Waals surface area contributed by atoms with Gasteiger partial charge in [0, 0.05) is 17.1 Å². The van der Waals surface area contributed by atoms with Crippen LogP contribution in [-0.2, 0) is 16.4 Å². The lowest BCUT2D eigenvalue weighted by Gasteiger charge is -2.14. The number of hydrogen-bond donors (Lipinski definition) is 2. The van der Waals surface area contributed by atoms with Gasteiger partial charge in [-0.2, -0.15) is 0 Å². The lowest BCUT2D eigenvalue weighted by molar-refractivity contribution is 0.600. The van der Waals surface area contributed by atoms with Crippen LogP contribution in [0.1, 0.15) is 31.4 Å². The molecule has 0 saturated carbocycles. The molecule has 0 atom stereocenters. The Bertz CT molecular complexity index is 753. The SMILES string of the molecule is CCCS(=O)(=O)Nc1ccc(Nc2c(C)cccc2CC)cc1. The molecule has 0 spiro atoms. The average Bonchev–Trinajstić information content (AvgIpc) is 2.50. The monoisotopic (exact) mass is 332 g/mol. The number of hydrogen-bond acceptors (Lipinski definition) is 3. The number of benzene rings is 2.